The van der Waals surface area contributed by atoms with Gasteiger partial charge < -0.3 is 9.88 Å². The summed E-state index contributed by atoms with van der Waals surface area (Å²) in [5.41, 5.74) is 1.00. The SMILES string of the molecule is Cn1c(SCC(=O)NC23CC4CC(CC(C4)C2)C3)nnc1-c1cccnc1. The summed E-state index contributed by atoms with van der Waals surface area (Å²) in [7, 11) is 1.93. The molecule has 6 rings (SSSR count). The minimum absolute atomic E-state index is 0.0765. The lowest BCUT2D eigenvalue weighted by atomic mass is 9.53. The Morgan fingerprint density at radius 3 is 2.56 bits per heavy atom. The molecule has 4 fully saturated rings. The Balaban J connectivity index is 1.22. The maximum atomic E-state index is 12.7. The van der Waals surface area contributed by atoms with Crippen molar-refractivity contribution >= 4 is 17.7 Å². The first-order chi connectivity index (χ1) is 13.1. The van der Waals surface area contributed by atoms with Gasteiger partial charge in [-0.25, -0.2) is 0 Å². The van der Waals surface area contributed by atoms with Gasteiger partial charge in [-0.3, -0.25) is 9.78 Å². The van der Waals surface area contributed by atoms with Crippen LogP contribution in [-0.4, -0.2) is 36.9 Å². The Kier molecular flexibility index (Phi) is 4.22. The summed E-state index contributed by atoms with van der Waals surface area (Å²) in [4.78, 5) is 16.8. The molecule has 27 heavy (non-hydrogen) atoms. The number of amides is 1. The lowest BCUT2D eigenvalue weighted by Gasteiger charge is -2.56. The van der Waals surface area contributed by atoms with Gasteiger partial charge in [0.25, 0.3) is 0 Å². The average molecular weight is 384 g/mol. The second kappa shape index (κ2) is 6.62. The first-order valence-electron chi connectivity index (χ1n) is 9.84. The molecule has 7 heteroatoms. The van der Waals surface area contributed by atoms with Crippen LogP contribution >= 0.6 is 11.8 Å². The number of hydrogen-bond donors (Lipinski definition) is 1. The highest BCUT2D eigenvalue weighted by Crippen LogP contribution is 2.55. The van der Waals surface area contributed by atoms with E-state index in [1.54, 1.807) is 12.4 Å². The summed E-state index contributed by atoms with van der Waals surface area (Å²) < 4.78 is 1.93. The lowest BCUT2D eigenvalue weighted by Crippen LogP contribution is -2.60. The molecule has 0 unspecified atom stereocenters. The van der Waals surface area contributed by atoms with Gasteiger partial charge in [-0.15, -0.1) is 10.2 Å². The average Bonchev–Trinajstić information content (AvgIpc) is 3.00. The Morgan fingerprint density at radius 2 is 1.93 bits per heavy atom. The Morgan fingerprint density at radius 1 is 1.22 bits per heavy atom. The van der Waals surface area contributed by atoms with Crippen molar-refractivity contribution in [1.29, 1.82) is 0 Å². The quantitative estimate of drug-likeness (QED) is 0.804. The molecule has 142 valence electrons. The van der Waals surface area contributed by atoms with Crippen LogP contribution in [0.2, 0.25) is 0 Å². The molecule has 0 atom stereocenters. The summed E-state index contributed by atoms with van der Waals surface area (Å²) in [6.45, 7) is 0. The molecule has 4 saturated carbocycles. The number of nitrogens with one attached hydrogen (secondary N) is 1. The van der Waals surface area contributed by atoms with E-state index >= 15 is 0 Å². The number of carbonyl (C=O) groups is 1. The molecule has 0 aliphatic heterocycles. The van der Waals surface area contributed by atoms with E-state index in [4.69, 9.17) is 0 Å². The van der Waals surface area contributed by atoms with Crippen LogP contribution in [0.1, 0.15) is 38.5 Å². The van der Waals surface area contributed by atoms with E-state index in [1.165, 1.54) is 50.3 Å². The van der Waals surface area contributed by atoms with Crippen molar-refractivity contribution in [2.75, 3.05) is 5.75 Å². The fourth-order valence-electron chi connectivity index (χ4n) is 5.91. The first kappa shape index (κ1) is 17.2. The standard InChI is InChI=1S/C20H25N5OS/c1-25-18(16-3-2-4-21-11-16)23-24-19(25)27-12-17(26)22-20-8-13-5-14(9-20)7-15(6-13)10-20/h2-4,11,13-15H,5-10,12H2,1H3,(H,22,26). The van der Waals surface area contributed by atoms with E-state index < -0.39 is 0 Å². The van der Waals surface area contributed by atoms with Gasteiger partial charge in [0, 0.05) is 30.5 Å². The van der Waals surface area contributed by atoms with Gasteiger partial charge in [0.05, 0.1) is 5.75 Å². The monoisotopic (exact) mass is 383 g/mol. The predicted octanol–water partition coefficient (Wildman–Crippen LogP) is 3.05. The molecule has 2 aromatic heterocycles. The second-order valence-electron chi connectivity index (χ2n) is 8.64. The molecule has 1 amide bonds. The zero-order valence-corrected chi connectivity index (χ0v) is 16.4. The highest BCUT2D eigenvalue weighted by molar-refractivity contribution is 7.99. The third-order valence-corrected chi connectivity index (χ3v) is 7.55. The molecule has 4 bridgehead atoms. The molecule has 0 radical (unpaired) electrons. The van der Waals surface area contributed by atoms with Crippen LogP contribution in [0.3, 0.4) is 0 Å². The van der Waals surface area contributed by atoms with Gasteiger partial charge in [-0.2, -0.15) is 0 Å². The Labute approximate surface area is 163 Å². The zero-order valence-electron chi connectivity index (χ0n) is 15.6. The van der Waals surface area contributed by atoms with Gasteiger partial charge in [0.15, 0.2) is 11.0 Å². The highest BCUT2D eigenvalue weighted by Gasteiger charge is 2.51. The summed E-state index contributed by atoms with van der Waals surface area (Å²) in [5, 5.41) is 12.7. The van der Waals surface area contributed by atoms with Crippen LogP contribution < -0.4 is 5.32 Å². The van der Waals surface area contributed by atoms with E-state index in [9.17, 15) is 4.79 Å². The van der Waals surface area contributed by atoms with Crippen LogP contribution in [0.15, 0.2) is 29.7 Å². The fraction of sp³-hybridized carbons (Fsp3) is 0.600. The molecular weight excluding hydrogens is 358 g/mol. The van der Waals surface area contributed by atoms with Crippen molar-refractivity contribution in [3.63, 3.8) is 0 Å². The topological polar surface area (TPSA) is 72.7 Å². The minimum atomic E-state index is 0.0765. The predicted molar refractivity (Wildman–Crippen MR) is 104 cm³/mol. The van der Waals surface area contributed by atoms with Crippen molar-refractivity contribution < 1.29 is 4.79 Å². The number of hydrogen-bond acceptors (Lipinski definition) is 5. The van der Waals surface area contributed by atoms with Gasteiger partial charge in [-0.1, -0.05) is 11.8 Å². The molecule has 2 aromatic rings. The number of pyridine rings is 1. The van der Waals surface area contributed by atoms with E-state index in [0.29, 0.717) is 5.75 Å². The van der Waals surface area contributed by atoms with Crippen LogP contribution in [0, 0.1) is 17.8 Å². The summed E-state index contributed by atoms with van der Waals surface area (Å²) in [6, 6.07) is 3.85. The molecule has 1 N–H and O–H groups in total. The number of rotatable bonds is 5. The Hall–Kier alpha value is -1.89. The number of carbonyl (C=O) groups excluding carboxylic acids is 1. The third-order valence-electron chi connectivity index (χ3n) is 6.53. The molecule has 0 aromatic carbocycles. The highest BCUT2D eigenvalue weighted by atomic mass is 32.2. The van der Waals surface area contributed by atoms with Crippen LogP contribution in [0.4, 0.5) is 0 Å². The molecule has 6 nitrogen and oxygen atoms in total. The summed E-state index contributed by atoms with van der Waals surface area (Å²) in [6.07, 6.45) is 11.2. The summed E-state index contributed by atoms with van der Waals surface area (Å²) in [5.74, 6) is 3.81. The molecule has 4 aliphatic carbocycles. The summed E-state index contributed by atoms with van der Waals surface area (Å²) >= 11 is 1.46. The van der Waals surface area contributed by atoms with Gasteiger partial charge in [0.1, 0.15) is 0 Å². The van der Waals surface area contributed by atoms with E-state index in [0.717, 1.165) is 34.3 Å². The number of nitrogens with zero attached hydrogens (tertiary/aromatic N) is 4. The van der Waals surface area contributed by atoms with Crippen molar-refractivity contribution in [3.05, 3.63) is 24.5 Å². The van der Waals surface area contributed by atoms with E-state index in [-0.39, 0.29) is 11.4 Å². The van der Waals surface area contributed by atoms with Crippen LogP contribution in [0.5, 0.6) is 0 Å². The van der Waals surface area contributed by atoms with Crippen molar-refractivity contribution in [2.45, 2.75) is 49.2 Å². The van der Waals surface area contributed by atoms with Crippen LogP contribution in [0.25, 0.3) is 11.4 Å². The van der Waals surface area contributed by atoms with E-state index in [1.807, 2.05) is 23.7 Å². The van der Waals surface area contributed by atoms with Gasteiger partial charge >= 0.3 is 0 Å². The van der Waals surface area contributed by atoms with Crippen molar-refractivity contribution in [2.24, 2.45) is 24.8 Å². The first-order valence-corrected chi connectivity index (χ1v) is 10.8. The maximum absolute atomic E-state index is 12.7. The molecule has 0 saturated heterocycles. The molecule has 0 spiro atoms. The maximum Gasteiger partial charge on any atom is 0.230 e. The van der Waals surface area contributed by atoms with Crippen molar-refractivity contribution in [3.8, 4) is 11.4 Å². The van der Waals surface area contributed by atoms with Crippen molar-refractivity contribution in [1.82, 2.24) is 25.1 Å². The van der Waals surface area contributed by atoms with Crippen LogP contribution in [-0.2, 0) is 11.8 Å². The van der Waals surface area contributed by atoms with Gasteiger partial charge in [-0.05, 0) is 68.4 Å². The number of thioether (sulfide) groups is 1. The fourth-order valence-corrected chi connectivity index (χ4v) is 6.62. The smallest absolute Gasteiger partial charge is 0.230 e. The number of aromatic nitrogens is 4. The third kappa shape index (κ3) is 3.26. The second-order valence-corrected chi connectivity index (χ2v) is 9.58. The van der Waals surface area contributed by atoms with Gasteiger partial charge in [0.2, 0.25) is 5.91 Å². The van der Waals surface area contributed by atoms with E-state index in [2.05, 4.69) is 20.5 Å². The normalized spacial score (nSPS) is 31.2. The molecular formula is C20H25N5OS. The zero-order chi connectivity index (χ0) is 18.4. The Bertz CT molecular complexity index is 814. The minimum Gasteiger partial charge on any atom is -0.350 e. The largest absolute Gasteiger partial charge is 0.350 e. The molecule has 2 heterocycles. The molecule has 4 aliphatic rings. The lowest BCUT2D eigenvalue weighted by molar-refractivity contribution is -0.124.